The lowest BCUT2D eigenvalue weighted by Gasteiger charge is -2.33. The van der Waals surface area contributed by atoms with Crippen molar-refractivity contribution in [2.24, 2.45) is 5.92 Å². The van der Waals surface area contributed by atoms with Crippen molar-refractivity contribution >= 4 is 10.2 Å². The molecule has 6 heteroatoms. The molecular weight excluding hydrogens is 382 g/mol. The van der Waals surface area contributed by atoms with E-state index in [1.165, 1.54) is 9.87 Å². The fourth-order valence-electron chi connectivity index (χ4n) is 3.50. The second-order valence-corrected chi connectivity index (χ2v) is 9.62. The quantitative estimate of drug-likeness (QED) is 0.744. The Morgan fingerprint density at radius 1 is 1.07 bits per heavy atom. The molecular formula is C23H29N3O2S. The molecule has 2 aromatic carbocycles. The van der Waals surface area contributed by atoms with Crippen LogP contribution in [0.4, 0.5) is 0 Å². The molecule has 1 atom stereocenters. The van der Waals surface area contributed by atoms with Crippen molar-refractivity contribution in [3.8, 4) is 11.8 Å². The first-order chi connectivity index (χ1) is 13.9. The largest absolute Gasteiger partial charge is 0.299 e. The molecule has 0 spiro atoms. The Morgan fingerprint density at radius 3 is 2.55 bits per heavy atom. The topological polar surface area (TPSA) is 52.7 Å². The van der Waals surface area contributed by atoms with Gasteiger partial charge in [-0.15, -0.1) is 0 Å². The number of nitrogens with zero attached hydrogens (tertiary/aromatic N) is 2. The van der Waals surface area contributed by atoms with E-state index in [1.807, 2.05) is 36.4 Å². The van der Waals surface area contributed by atoms with Gasteiger partial charge in [0.15, 0.2) is 0 Å². The number of nitrogens with one attached hydrogen (secondary N) is 1. The SMILES string of the molecule is CN(C)S(=O)(=O)NC[C@H]1CCCN(Cc2ccccc2C#Cc2ccccc2)C1. The van der Waals surface area contributed by atoms with Crippen molar-refractivity contribution in [3.63, 3.8) is 0 Å². The fraction of sp³-hybridized carbons (Fsp3) is 0.391. The first kappa shape index (κ1) is 21.5. The Bertz CT molecular complexity index is 962. The van der Waals surface area contributed by atoms with Crippen LogP contribution in [-0.4, -0.2) is 51.4 Å². The van der Waals surface area contributed by atoms with Gasteiger partial charge in [-0.05, 0) is 49.1 Å². The second kappa shape index (κ2) is 10.0. The summed E-state index contributed by atoms with van der Waals surface area (Å²) in [5.74, 6) is 6.88. The molecule has 0 bridgehead atoms. The summed E-state index contributed by atoms with van der Waals surface area (Å²) in [6.07, 6.45) is 2.12. The fourth-order valence-corrected chi connectivity index (χ4v) is 4.20. The first-order valence-electron chi connectivity index (χ1n) is 9.98. The number of benzene rings is 2. The number of hydrogen-bond acceptors (Lipinski definition) is 3. The van der Waals surface area contributed by atoms with Gasteiger partial charge < -0.3 is 0 Å². The molecule has 154 valence electrons. The minimum absolute atomic E-state index is 0.320. The molecule has 1 saturated heterocycles. The van der Waals surface area contributed by atoms with Crippen LogP contribution in [0.3, 0.4) is 0 Å². The zero-order valence-corrected chi connectivity index (χ0v) is 18.0. The highest BCUT2D eigenvalue weighted by atomic mass is 32.2. The van der Waals surface area contributed by atoms with Crippen LogP contribution in [0.2, 0.25) is 0 Å². The van der Waals surface area contributed by atoms with Crippen LogP contribution < -0.4 is 4.72 Å². The lowest BCUT2D eigenvalue weighted by atomic mass is 9.97. The summed E-state index contributed by atoms with van der Waals surface area (Å²) in [6, 6.07) is 18.3. The van der Waals surface area contributed by atoms with E-state index in [1.54, 1.807) is 14.1 Å². The van der Waals surface area contributed by atoms with E-state index in [0.29, 0.717) is 12.5 Å². The standard InChI is InChI=1S/C23H29N3O2S/c1-25(2)29(27,28)24-17-21-11-8-16-26(18-21)19-23-13-7-6-12-22(23)15-14-20-9-4-3-5-10-20/h3-7,9-10,12-13,21,24H,8,11,16-19H2,1-2H3/t21-/m1/s1. The van der Waals surface area contributed by atoms with Gasteiger partial charge in [0.05, 0.1) is 0 Å². The second-order valence-electron chi connectivity index (χ2n) is 7.65. The third-order valence-electron chi connectivity index (χ3n) is 5.16. The van der Waals surface area contributed by atoms with Crippen LogP contribution in [0, 0.1) is 17.8 Å². The molecule has 0 saturated carbocycles. The van der Waals surface area contributed by atoms with Gasteiger partial charge in [0.2, 0.25) is 0 Å². The molecule has 3 rings (SSSR count). The predicted octanol–water partition coefficient (Wildman–Crippen LogP) is 2.69. The summed E-state index contributed by atoms with van der Waals surface area (Å²) in [5, 5.41) is 0. The molecule has 0 aromatic heterocycles. The lowest BCUT2D eigenvalue weighted by Crippen LogP contribution is -2.43. The van der Waals surface area contributed by atoms with Crippen molar-refractivity contribution in [1.29, 1.82) is 0 Å². The van der Waals surface area contributed by atoms with Crippen LogP contribution in [0.25, 0.3) is 0 Å². The third-order valence-corrected chi connectivity index (χ3v) is 6.66. The zero-order chi connectivity index (χ0) is 20.7. The number of rotatable bonds is 6. The zero-order valence-electron chi connectivity index (χ0n) is 17.1. The molecule has 29 heavy (non-hydrogen) atoms. The van der Waals surface area contributed by atoms with E-state index >= 15 is 0 Å². The molecule has 0 unspecified atom stereocenters. The van der Waals surface area contributed by atoms with Crippen molar-refractivity contribution in [1.82, 2.24) is 13.9 Å². The summed E-state index contributed by atoms with van der Waals surface area (Å²) in [4.78, 5) is 2.40. The summed E-state index contributed by atoms with van der Waals surface area (Å²) < 4.78 is 27.9. The smallest absolute Gasteiger partial charge is 0.278 e. The Morgan fingerprint density at radius 2 is 1.79 bits per heavy atom. The van der Waals surface area contributed by atoms with Crippen molar-refractivity contribution in [3.05, 3.63) is 71.3 Å². The van der Waals surface area contributed by atoms with E-state index in [-0.39, 0.29) is 0 Å². The Balaban J connectivity index is 1.64. The maximum Gasteiger partial charge on any atom is 0.278 e. The average molecular weight is 412 g/mol. The van der Waals surface area contributed by atoms with Gasteiger partial charge in [0, 0.05) is 44.9 Å². The van der Waals surface area contributed by atoms with Gasteiger partial charge in [-0.25, -0.2) is 4.72 Å². The number of hydrogen-bond donors (Lipinski definition) is 1. The summed E-state index contributed by atoms with van der Waals surface area (Å²) in [6.45, 7) is 3.22. The third kappa shape index (κ3) is 6.41. The van der Waals surface area contributed by atoms with Crippen LogP contribution >= 0.6 is 0 Å². The lowest BCUT2D eigenvalue weighted by molar-refractivity contribution is 0.168. The number of piperidine rings is 1. The predicted molar refractivity (Wildman–Crippen MR) is 117 cm³/mol. The Labute approximate surface area is 174 Å². The van der Waals surface area contributed by atoms with Crippen LogP contribution in [0.1, 0.15) is 29.5 Å². The molecule has 2 aromatic rings. The molecule has 5 nitrogen and oxygen atoms in total. The summed E-state index contributed by atoms with van der Waals surface area (Å²) in [7, 11) is -0.279. The van der Waals surface area contributed by atoms with E-state index in [0.717, 1.165) is 43.6 Å². The van der Waals surface area contributed by atoms with Gasteiger partial charge in [0.1, 0.15) is 0 Å². The van der Waals surface area contributed by atoms with Gasteiger partial charge >= 0.3 is 0 Å². The van der Waals surface area contributed by atoms with Gasteiger partial charge in [0.25, 0.3) is 10.2 Å². The first-order valence-corrected chi connectivity index (χ1v) is 11.4. The van der Waals surface area contributed by atoms with E-state index in [2.05, 4.69) is 39.7 Å². The normalized spacial score (nSPS) is 17.7. The van der Waals surface area contributed by atoms with Crippen molar-refractivity contribution in [2.75, 3.05) is 33.7 Å². The van der Waals surface area contributed by atoms with E-state index < -0.39 is 10.2 Å². The maximum absolute atomic E-state index is 12.0. The van der Waals surface area contributed by atoms with Gasteiger partial charge in [-0.1, -0.05) is 48.2 Å². The molecule has 1 aliphatic heterocycles. The highest BCUT2D eigenvalue weighted by Gasteiger charge is 2.23. The highest BCUT2D eigenvalue weighted by molar-refractivity contribution is 7.87. The minimum atomic E-state index is -3.37. The van der Waals surface area contributed by atoms with Gasteiger partial charge in [-0.2, -0.15) is 12.7 Å². The monoisotopic (exact) mass is 411 g/mol. The molecule has 1 aliphatic rings. The van der Waals surface area contributed by atoms with Crippen LogP contribution in [0.5, 0.6) is 0 Å². The number of likely N-dealkylation sites (tertiary alicyclic amines) is 1. The highest BCUT2D eigenvalue weighted by Crippen LogP contribution is 2.20. The summed E-state index contributed by atoms with van der Waals surface area (Å²) in [5.41, 5.74) is 3.27. The van der Waals surface area contributed by atoms with Crippen LogP contribution in [0.15, 0.2) is 54.6 Å². The Hall–Kier alpha value is -2.17. The molecule has 1 N–H and O–H groups in total. The minimum Gasteiger partial charge on any atom is -0.299 e. The van der Waals surface area contributed by atoms with Crippen molar-refractivity contribution < 1.29 is 8.42 Å². The van der Waals surface area contributed by atoms with Crippen molar-refractivity contribution in [2.45, 2.75) is 19.4 Å². The molecule has 1 fully saturated rings. The molecule has 0 aliphatic carbocycles. The molecule has 1 heterocycles. The average Bonchev–Trinajstić information content (AvgIpc) is 2.73. The molecule has 0 amide bonds. The van der Waals surface area contributed by atoms with E-state index in [9.17, 15) is 8.42 Å². The Kier molecular flexibility index (Phi) is 7.45. The van der Waals surface area contributed by atoms with Gasteiger partial charge in [-0.3, -0.25) is 4.90 Å². The molecule has 0 radical (unpaired) electrons. The van der Waals surface area contributed by atoms with Crippen LogP contribution in [-0.2, 0) is 16.8 Å². The summed E-state index contributed by atoms with van der Waals surface area (Å²) >= 11 is 0. The maximum atomic E-state index is 12.0. The van der Waals surface area contributed by atoms with E-state index in [4.69, 9.17) is 0 Å².